The van der Waals surface area contributed by atoms with Crippen LogP contribution in [0.3, 0.4) is 0 Å². The molecule has 2 aromatic rings. The van der Waals surface area contributed by atoms with Crippen LogP contribution in [0.2, 0.25) is 0 Å². The van der Waals surface area contributed by atoms with Gasteiger partial charge in [-0.25, -0.2) is 13.1 Å². The lowest BCUT2D eigenvalue weighted by Crippen LogP contribution is -2.32. The first-order valence-corrected chi connectivity index (χ1v) is 9.44. The number of aryl methyl sites for hydroxylation is 2. The third-order valence-corrected chi connectivity index (χ3v) is 6.27. The van der Waals surface area contributed by atoms with Gasteiger partial charge >= 0.3 is 0 Å². The quantitative estimate of drug-likeness (QED) is 0.837. The number of hydrogen-bond acceptors (Lipinski definition) is 5. The summed E-state index contributed by atoms with van der Waals surface area (Å²) in [6, 6.07) is 6.87. The van der Waals surface area contributed by atoms with E-state index in [4.69, 9.17) is 0 Å². The molecule has 2 N–H and O–H groups in total. The van der Waals surface area contributed by atoms with E-state index in [1.165, 1.54) is 0 Å². The Hall–Kier alpha value is -1.77. The van der Waals surface area contributed by atoms with Gasteiger partial charge in [0.25, 0.3) is 0 Å². The molecule has 0 radical (unpaired) electrons. The number of aliphatic hydroxyl groups excluding tert-OH is 1. The molecular formula is C16H22N4O3S. The van der Waals surface area contributed by atoms with Crippen LogP contribution in [-0.2, 0) is 17.1 Å². The van der Waals surface area contributed by atoms with E-state index in [0.29, 0.717) is 18.4 Å². The summed E-state index contributed by atoms with van der Waals surface area (Å²) in [6.07, 6.45) is 2.34. The molecule has 0 amide bonds. The SMILES string of the molecule is Cc1ccccc1S(=O)(=O)NC[C@H]1C[C@H](c2nncn2C)C[C@H]1O. The van der Waals surface area contributed by atoms with Crippen molar-refractivity contribution in [1.29, 1.82) is 0 Å². The molecule has 7 nitrogen and oxygen atoms in total. The Balaban J connectivity index is 1.67. The second kappa shape index (κ2) is 6.62. The minimum absolute atomic E-state index is 0.0977. The van der Waals surface area contributed by atoms with E-state index in [1.54, 1.807) is 37.5 Å². The van der Waals surface area contributed by atoms with Gasteiger partial charge in [0, 0.05) is 19.5 Å². The highest BCUT2D eigenvalue weighted by molar-refractivity contribution is 7.89. The second-order valence-electron chi connectivity index (χ2n) is 6.41. The fraction of sp³-hybridized carbons (Fsp3) is 0.500. The molecule has 3 rings (SSSR count). The standard InChI is InChI=1S/C16H22N4O3S/c1-11-5-3-4-6-15(11)24(22,23)18-9-13-7-12(8-14(13)21)16-19-17-10-20(16)2/h3-6,10,12-14,18,21H,7-9H2,1-2H3/t12-,13+,14+/m0/s1. The summed E-state index contributed by atoms with van der Waals surface area (Å²) < 4.78 is 29.4. The fourth-order valence-corrected chi connectivity index (χ4v) is 4.69. The number of benzene rings is 1. The van der Waals surface area contributed by atoms with E-state index in [1.807, 2.05) is 11.6 Å². The van der Waals surface area contributed by atoms with Crippen LogP contribution >= 0.6 is 0 Å². The van der Waals surface area contributed by atoms with Crippen molar-refractivity contribution in [2.45, 2.75) is 36.7 Å². The molecular weight excluding hydrogens is 328 g/mol. The van der Waals surface area contributed by atoms with Crippen LogP contribution in [-0.4, -0.2) is 40.9 Å². The van der Waals surface area contributed by atoms with E-state index in [9.17, 15) is 13.5 Å². The van der Waals surface area contributed by atoms with Crippen molar-refractivity contribution in [1.82, 2.24) is 19.5 Å². The first-order chi connectivity index (χ1) is 11.4. The van der Waals surface area contributed by atoms with Crippen molar-refractivity contribution < 1.29 is 13.5 Å². The number of sulfonamides is 1. The van der Waals surface area contributed by atoms with Gasteiger partial charge in [-0.3, -0.25) is 0 Å². The molecule has 0 unspecified atom stereocenters. The Labute approximate surface area is 141 Å². The zero-order valence-electron chi connectivity index (χ0n) is 13.8. The van der Waals surface area contributed by atoms with Gasteiger partial charge in [0.05, 0.1) is 11.0 Å². The number of aliphatic hydroxyl groups is 1. The van der Waals surface area contributed by atoms with Crippen LogP contribution < -0.4 is 4.72 Å². The fourth-order valence-electron chi connectivity index (χ4n) is 3.35. The molecule has 0 saturated heterocycles. The van der Waals surface area contributed by atoms with Crippen molar-refractivity contribution in [3.63, 3.8) is 0 Å². The van der Waals surface area contributed by atoms with Crippen LogP contribution in [0.4, 0.5) is 0 Å². The summed E-state index contributed by atoms with van der Waals surface area (Å²) in [6.45, 7) is 1.98. The minimum Gasteiger partial charge on any atom is -0.393 e. The Morgan fingerprint density at radius 3 is 2.75 bits per heavy atom. The smallest absolute Gasteiger partial charge is 0.240 e. The Morgan fingerprint density at radius 2 is 2.08 bits per heavy atom. The molecule has 8 heteroatoms. The lowest BCUT2D eigenvalue weighted by molar-refractivity contribution is 0.134. The Bertz CT molecular complexity index is 818. The van der Waals surface area contributed by atoms with Crippen LogP contribution in [0.1, 0.15) is 30.1 Å². The molecule has 1 aliphatic carbocycles. The summed E-state index contributed by atoms with van der Waals surface area (Å²) in [4.78, 5) is 0.280. The monoisotopic (exact) mass is 350 g/mol. The summed E-state index contributed by atoms with van der Waals surface area (Å²) in [5.74, 6) is 0.796. The maximum atomic E-state index is 12.5. The van der Waals surface area contributed by atoms with Crippen molar-refractivity contribution >= 4 is 10.0 Å². The third kappa shape index (κ3) is 3.35. The number of nitrogens with zero attached hydrogens (tertiary/aromatic N) is 3. The van der Waals surface area contributed by atoms with Crippen molar-refractivity contribution in [3.05, 3.63) is 42.0 Å². The minimum atomic E-state index is -3.58. The summed E-state index contributed by atoms with van der Waals surface area (Å²) in [7, 11) is -1.70. The lowest BCUT2D eigenvalue weighted by Gasteiger charge is -2.16. The summed E-state index contributed by atoms with van der Waals surface area (Å²) in [5, 5.41) is 18.2. The third-order valence-electron chi connectivity index (χ3n) is 4.69. The number of nitrogens with one attached hydrogen (secondary N) is 1. The van der Waals surface area contributed by atoms with Gasteiger partial charge in [-0.05, 0) is 37.3 Å². The van der Waals surface area contributed by atoms with Crippen LogP contribution in [0.15, 0.2) is 35.5 Å². The van der Waals surface area contributed by atoms with Gasteiger partial charge in [0.15, 0.2) is 0 Å². The van der Waals surface area contributed by atoms with E-state index in [2.05, 4.69) is 14.9 Å². The topological polar surface area (TPSA) is 97.1 Å². The zero-order chi connectivity index (χ0) is 17.3. The highest BCUT2D eigenvalue weighted by Gasteiger charge is 2.36. The molecule has 1 aliphatic rings. The molecule has 1 fully saturated rings. The van der Waals surface area contributed by atoms with Crippen LogP contribution in [0.25, 0.3) is 0 Å². The molecule has 0 aliphatic heterocycles. The Morgan fingerprint density at radius 1 is 1.33 bits per heavy atom. The van der Waals surface area contributed by atoms with Gasteiger partial charge in [-0.15, -0.1) is 10.2 Å². The summed E-state index contributed by atoms with van der Waals surface area (Å²) in [5.41, 5.74) is 0.703. The molecule has 1 aromatic heterocycles. The Kier molecular flexibility index (Phi) is 4.71. The largest absolute Gasteiger partial charge is 0.393 e. The van der Waals surface area contributed by atoms with E-state index in [0.717, 1.165) is 5.82 Å². The number of aromatic nitrogens is 3. The maximum Gasteiger partial charge on any atom is 0.240 e. The van der Waals surface area contributed by atoms with Crippen LogP contribution in [0, 0.1) is 12.8 Å². The number of hydrogen-bond donors (Lipinski definition) is 2. The lowest BCUT2D eigenvalue weighted by atomic mass is 10.0. The molecule has 0 spiro atoms. The summed E-state index contributed by atoms with van der Waals surface area (Å²) >= 11 is 0. The molecule has 130 valence electrons. The second-order valence-corrected chi connectivity index (χ2v) is 8.15. The molecule has 1 saturated carbocycles. The first kappa shape index (κ1) is 17.1. The van der Waals surface area contributed by atoms with E-state index in [-0.39, 0.29) is 23.3 Å². The first-order valence-electron chi connectivity index (χ1n) is 7.95. The van der Waals surface area contributed by atoms with Gasteiger partial charge in [-0.2, -0.15) is 0 Å². The molecule has 1 aromatic carbocycles. The van der Waals surface area contributed by atoms with Gasteiger partial charge in [0.1, 0.15) is 12.2 Å². The predicted molar refractivity (Wildman–Crippen MR) is 88.8 cm³/mol. The molecule has 0 bridgehead atoms. The predicted octanol–water partition coefficient (Wildman–Crippen LogP) is 0.957. The van der Waals surface area contributed by atoms with Gasteiger partial charge in [0.2, 0.25) is 10.0 Å². The zero-order valence-corrected chi connectivity index (χ0v) is 14.6. The average Bonchev–Trinajstić information content (AvgIpc) is 3.11. The van der Waals surface area contributed by atoms with Gasteiger partial charge in [-0.1, -0.05) is 18.2 Å². The molecule has 1 heterocycles. The number of rotatable bonds is 5. The highest BCUT2D eigenvalue weighted by Crippen LogP contribution is 2.37. The van der Waals surface area contributed by atoms with Gasteiger partial charge < -0.3 is 9.67 Å². The van der Waals surface area contributed by atoms with Crippen LogP contribution in [0.5, 0.6) is 0 Å². The van der Waals surface area contributed by atoms with E-state index >= 15 is 0 Å². The highest BCUT2D eigenvalue weighted by atomic mass is 32.2. The average molecular weight is 350 g/mol. The van der Waals surface area contributed by atoms with E-state index < -0.39 is 16.1 Å². The van der Waals surface area contributed by atoms with Crippen molar-refractivity contribution in [2.24, 2.45) is 13.0 Å². The maximum absolute atomic E-state index is 12.5. The normalized spacial score (nSPS) is 24.4. The van der Waals surface area contributed by atoms with Crippen molar-refractivity contribution in [2.75, 3.05) is 6.54 Å². The molecule has 24 heavy (non-hydrogen) atoms. The molecule has 3 atom stereocenters. The van der Waals surface area contributed by atoms with Crippen molar-refractivity contribution in [3.8, 4) is 0 Å².